The van der Waals surface area contributed by atoms with E-state index in [1.807, 2.05) is 18.2 Å². The van der Waals surface area contributed by atoms with E-state index in [2.05, 4.69) is 17.1 Å². The average Bonchev–Trinajstić information content (AvgIpc) is 2.67. The van der Waals surface area contributed by atoms with Crippen LogP contribution in [0.2, 0.25) is 0 Å². The molecular weight excluding hydrogens is 186 g/mol. The van der Waals surface area contributed by atoms with E-state index >= 15 is 0 Å². The summed E-state index contributed by atoms with van der Waals surface area (Å²) in [5.74, 6) is 0.379. The third kappa shape index (κ3) is 1.41. The van der Waals surface area contributed by atoms with E-state index in [1.165, 1.54) is 16.6 Å². The fourth-order valence-electron chi connectivity index (χ4n) is 2.34. The van der Waals surface area contributed by atoms with Gasteiger partial charge >= 0.3 is 0 Å². The highest BCUT2D eigenvalue weighted by Crippen LogP contribution is 2.27. The molecule has 1 aromatic heterocycles. The van der Waals surface area contributed by atoms with Gasteiger partial charge in [-0.3, -0.25) is 4.98 Å². The Kier molecular flexibility index (Phi) is 1.96. The van der Waals surface area contributed by atoms with Gasteiger partial charge in [0.2, 0.25) is 0 Å². The summed E-state index contributed by atoms with van der Waals surface area (Å²) >= 11 is 0. The molecule has 0 radical (unpaired) electrons. The molecule has 0 aliphatic heterocycles. The maximum absolute atomic E-state index is 9.15. The second-order valence-corrected chi connectivity index (χ2v) is 4.24. The largest absolute Gasteiger partial charge is 0.396 e. The number of aliphatic hydroxyl groups is 1. The summed E-state index contributed by atoms with van der Waals surface area (Å²) in [4.78, 5) is 4.64. The van der Waals surface area contributed by atoms with Gasteiger partial charge in [-0.1, -0.05) is 18.2 Å². The van der Waals surface area contributed by atoms with Gasteiger partial charge in [-0.25, -0.2) is 0 Å². The van der Waals surface area contributed by atoms with Crippen molar-refractivity contribution in [2.45, 2.75) is 12.8 Å². The number of hydrogen-bond acceptors (Lipinski definition) is 2. The van der Waals surface area contributed by atoms with Crippen LogP contribution in [0.4, 0.5) is 0 Å². The van der Waals surface area contributed by atoms with E-state index < -0.39 is 0 Å². The molecule has 0 fully saturated rings. The molecule has 2 nitrogen and oxygen atoms in total. The van der Waals surface area contributed by atoms with Gasteiger partial charge in [0.25, 0.3) is 0 Å². The molecule has 2 aromatic rings. The molecule has 0 spiro atoms. The van der Waals surface area contributed by atoms with E-state index in [4.69, 9.17) is 5.11 Å². The number of aliphatic hydroxyl groups excluding tert-OH is 1. The molecule has 2 heteroatoms. The minimum atomic E-state index is 0.271. The molecule has 0 bridgehead atoms. The number of fused-ring (bicyclic) bond motifs is 2. The minimum Gasteiger partial charge on any atom is -0.396 e. The van der Waals surface area contributed by atoms with Crippen molar-refractivity contribution in [3.8, 4) is 0 Å². The third-order valence-corrected chi connectivity index (χ3v) is 3.14. The Morgan fingerprint density at radius 3 is 3.00 bits per heavy atom. The Balaban J connectivity index is 2.14. The molecular formula is C13H13NO. The Morgan fingerprint density at radius 1 is 1.27 bits per heavy atom. The highest BCUT2D eigenvalue weighted by atomic mass is 16.3. The van der Waals surface area contributed by atoms with Crippen molar-refractivity contribution in [1.82, 2.24) is 4.98 Å². The second kappa shape index (κ2) is 3.31. The summed E-state index contributed by atoms with van der Waals surface area (Å²) in [7, 11) is 0. The van der Waals surface area contributed by atoms with Crippen LogP contribution < -0.4 is 0 Å². The molecule has 1 aromatic carbocycles. The van der Waals surface area contributed by atoms with Crippen LogP contribution in [0, 0.1) is 5.92 Å². The van der Waals surface area contributed by atoms with Crippen LogP contribution >= 0.6 is 0 Å². The zero-order chi connectivity index (χ0) is 10.3. The first kappa shape index (κ1) is 8.86. The highest BCUT2D eigenvalue weighted by molar-refractivity contribution is 5.79. The molecule has 0 amide bonds. The van der Waals surface area contributed by atoms with Gasteiger partial charge < -0.3 is 5.11 Å². The monoisotopic (exact) mass is 199 g/mol. The lowest BCUT2D eigenvalue weighted by Gasteiger charge is -2.01. The molecule has 1 heterocycles. The fraction of sp³-hybridized carbons (Fsp3) is 0.308. The summed E-state index contributed by atoms with van der Waals surface area (Å²) in [6.45, 7) is 0.271. The lowest BCUT2D eigenvalue weighted by atomic mass is 10.1. The Labute approximate surface area is 88.6 Å². The Hall–Kier alpha value is -1.41. The van der Waals surface area contributed by atoms with Crippen LogP contribution in [0.3, 0.4) is 0 Å². The maximum atomic E-state index is 9.15. The van der Waals surface area contributed by atoms with Crippen molar-refractivity contribution in [1.29, 1.82) is 0 Å². The van der Waals surface area contributed by atoms with Gasteiger partial charge in [0.15, 0.2) is 0 Å². The van der Waals surface area contributed by atoms with Crippen molar-refractivity contribution in [2.24, 2.45) is 5.92 Å². The number of para-hydroxylation sites is 1. The lowest BCUT2D eigenvalue weighted by molar-refractivity contribution is 0.232. The predicted molar refractivity (Wildman–Crippen MR) is 59.7 cm³/mol. The van der Waals surface area contributed by atoms with Gasteiger partial charge in [-0.15, -0.1) is 0 Å². The van der Waals surface area contributed by atoms with Crippen LogP contribution in [-0.2, 0) is 12.8 Å². The van der Waals surface area contributed by atoms with Crippen molar-refractivity contribution >= 4 is 10.9 Å². The summed E-state index contributed by atoms with van der Waals surface area (Å²) in [6, 6.07) is 10.4. The maximum Gasteiger partial charge on any atom is 0.0705 e. The van der Waals surface area contributed by atoms with Gasteiger partial charge in [0.1, 0.15) is 0 Å². The van der Waals surface area contributed by atoms with E-state index in [0.717, 1.165) is 18.4 Å². The van der Waals surface area contributed by atoms with Gasteiger partial charge in [0.05, 0.1) is 5.52 Å². The normalized spacial score (nSPS) is 19.4. The second-order valence-electron chi connectivity index (χ2n) is 4.24. The predicted octanol–water partition coefficient (Wildman–Crippen LogP) is 1.94. The quantitative estimate of drug-likeness (QED) is 0.761. The van der Waals surface area contributed by atoms with E-state index in [9.17, 15) is 0 Å². The van der Waals surface area contributed by atoms with Crippen molar-refractivity contribution < 1.29 is 5.11 Å². The number of hydrogen-bond donors (Lipinski definition) is 1. The number of rotatable bonds is 1. The first-order valence-corrected chi connectivity index (χ1v) is 5.35. The van der Waals surface area contributed by atoms with E-state index in [0.29, 0.717) is 5.92 Å². The average molecular weight is 199 g/mol. The number of benzene rings is 1. The van der Waals surface area contributed by atoms with Crippen LogP contribution in [0.15, 0.2) is 30.3 Å². The number of nitrogens with zero attached hydrogens (tertiary/aromatic N) is 1. The highest BCUT2D eigenvalue weighted by Gasteiger charge is 2.22. The number of aromatic nitrogens is 1. The van der Waals surface area contributed by atoms with Gasteiger partial charge in [-0.05, 0) is 36.5 Å². The zero-order valence-corrected chi connectivity index (χ0v) is 8.48. The standard InChI is InChI=1S/C13H13NO/c15-8-9-5-11-7-10-3-1-2-4-12(10)14-13(11)6-9/h1-4,7,9,15H,5-6,8H2/t9-/m1/s1. The van der Waals surface area contributed by atoms with Crippen LogP contribution in [0.25, 0.3) is 10.9 Å². The van der Waals surface area contributed by atoms with Crippen molar-refractivity contribution in [3.63, 3.8) is 0 Å². The fourth-order valence-corrected chi connectivity index (χ4v) is 2.34. The molecule has 3 rings (SSSR count). The topological polar surface area (TPSA) is 33.1 Å². The summed E-state index contributed by atoms with van der Waals surface area (Å²) in [6.07, 6.45) is 1.90. The molecule has 1 N–H and O–H groups in total. The molecule has 1 aliphatic carbocycles. The molecule has 0 saturated heterocycles. The van der Waals surface area contributed by atoms with Gasteiger partial charge in [0, 0.05) is 17.7 Å². The molecule has 1 aliphatic rings. The summed E-state index contributed by atoms with van der Waals surface area (Å²) < 4.78 is 0. The number of pyridine rings is 1. The Bertz CT molecular complexity index is 462. The molecule has 76 valence electrons. The summed E-state index contributed by atoms with van der Waals surface area (Å²) in [5.41, 5.74) is 3.55. The van der Waals surface area contributed by atoms with Crippen molar-refractivity contribution in [2.75, 3.05) is 6.61 Å². The van der Waals surface area contributed by atoms with E-state index in [-0.39, 0.29) is 6.61 Å². The first-order valence-electron chi connectivity index (χ1n) is 5.35. The SMILES string of the molecule is OC[C@@H]1Cc2cc3ccccc3nc2C1. The van der Waals surface area contributed by atoms with Crippen LogP contribution in [0.5, 0.6) is 0 Å². The molecule has 0 unspecified atom stereocenters. The molecule has 1 atom stereocenters. The summed E-state index contributed by atoms with van der Waals surface area (Å²) in [5, 5.41) is 10.4. The van der Waals surface area contributed by atoms with Gasteiger partial charge in [-0.2, -0.15) is 0 Å². The van der Waals surface area contributed by atoms with E-state index in [1.54, 1.807) is 0 Å². The van der Waals surface area contributed by atoms with Crippen LogP contribution in [0.1, 0.15) is 11.3 Å². The van der Waals surface area contributed by atoms with Crippen molar-refractivity contribution in [3.05, 3.63) is 41.6 Å². The lowest BCUT2D eigenvalue weighted by Crippen LogP contribution is -2.04. The Morgan fingerprint density at radius 2 is 2.13 bits per heavy atom. The third-order valence-electron chi connectivity index (χ3n) is 3.14. The minimum absolute atomic E-state index is 0.271. The van der Waals surface area contributed by atoms with Crippen LogP contribution in [-0.4, -0.2) is 16.7 Å². The molecule has 15 heavy (non-hydrogen) atoms. The molecule has 0 saturated carbocycles. The zero-order valence-electron chi connectivity index (χ0n) is 8.48. The smallest absolute Gasteiger partial charge is 0.0705 e. The first-order chi connectivity index (χ1) is 7.36.